The first-order valence-electron chi connectivity index (χ1n) is 15.4. The van der Waals surface area contributed by atoms with Crippen LogP contribution in [0.25, 0.3) is 22.5 Å². The van der Waals surface area contributed by atoms with Crippen LogP contribution >= 0.6 is 34.8 Å². The summed E-state index contributed by atoms with van der Waals surface area (Å²) in [5.41, 5.74) is 9.85. The number of hydrogen-bond acceptors (Lipinski definition) is 9. The van der Waals surface area contributed by atoms with Gasteiger partial charge in [-0.1, -0.05) is 24.3 Å². The second-order valence-electron chi connectivity index (χ2n) is 10.9. The number of benzene rings is 2. The number of nitrogens with two attached hydrogens (primary N) is 1. The Morgan fingerprint density at radius 1 is 0.712 bits per heavy atom. The SMILES string of the molecule is Cc1cccc(F)c1C(=O)Cl.Cc1nc(-c2ccc(N)nc2)c(C)o1.Cc1nc(-c2ccc(NC(=O)c3c(C)cccc3F)nc2)c(C)o1.ClCCl. The van der Waals surface area contributed by atoms with Gasteiger partial charge in [-0.05, 0) is 86.8 Å². The molecule has 0 bridgehead atoms. The first kappa shape index (κ1) is 41.3. The number of rotatable bonds is 5. The summed E-state index contributed by atoms with van der Waals surface area (Å²) in [6.07, 6.45) is 3.29. The molecule has 0 aliphatic carbocycles. The summed E-state index contributed by atoms with van der Waals surface area (Å²) in [6, 6.07) is 15.9. The van der Waals surface area contributed by atoms with Gasteiger partial charge in [0.25, 0.3) is 11.1 Å². The number of carbonyl (C=O) groups excluding carboxylic acids is 2. The maximum atomic E-state index is 13.8. The molecule has 3 N–H and O–H groups in total. The molecule has 0 aliphatic heterocycles. The molecule has 2 aromatic carbocycles. The van der Waals surface area contributed by atoms with Crippen LogP contribution < -0.4 is 11.1 Å². The Bertz CT molecular complexity index is 2080. The van der Waals surface area contributed by atoms with Gasteiger partial charge in [0.2, 0.25) is 0 Å². The van der Waals surface area contributed by atoms with Crippen LogP contribution in [0.2, 0.25) is 0 Å². The van der Waals surface area contributed by atoms with Crippen molar-refractivity contribution in [2.75, 3.05) is 16.4 Å². The lowest BCUT2D eigenvalue weighted by Gasteiger charge is -2.08. The van der Waals surface area contributed by atoms with Crippen LogP contribution in [0.3, 0.4) is 0 Å². The van der Waals surface area contributed by atoms with Crippen LogP contribution in [0.15, 0.2) is 81.9 Å². The number of nitrogens with zero attached hydrogens (tertiary/aromatic N) is 4. The Kier molecular flexibility index (Phi) is 15.4. The number of amides is 1. The molecule has 1 amide bonds. The van der Waals surface area contributed by atoms with Gasteiger partial charge in [0, 0.05) is 37.4 Å². The number of anilines is 2. The molecular formula is C37H35Cl3F2N6O4. The first-order valence-corrected chi connectivity index (χ1v) is 16.8. The van der Waals surface area contributed by atoms with Crippen LogP contribution in [-0.2, 0) is 0 Å². The van der Waals surface area contributed by atoms with E-state index < -0.39 is 22.8 Å². The molecule has 6 aromatic rings. The number of oxazole rings is 2. The zero-order valence-corrected chi connectivity index (χ0v) is 31.3. The molecule has 4 aromatic heterocycles. The molecule has 0 spiro atoms. The molecule has 0 unspecified atom stereocenters. The number of nitrogen functional groups attached to an aromatic ring is 1. The monoisotopic (exact) mass is 770 g/mol. The van der Waals surface area contributed by atoms with Crippen molar-refractivity contribution < 1.29 is 27.2 Å². The predicted octanol–water partition coefficient (Wildman–Crippen LogP) is 9.92. The third-order valence-electron chi connectivity index (χ3n) is 7.01. The number of aryl methyl sites for hydroxylation is 6. The number of pyridine rings is 2. The van der Waals surface area contributed by atoms with E-state index in [1.165, 1.54) is 18.2 Å². The molecular weight excluding hydrogens is 737 g/mol. The van der Waals surface area contributed by atoms with Crippen molar-refractivity contribution >= 4 is 57.6 Å². The summed E-state index contributed by atoms with van der Waals surface area (Å²) in [5, 5.41) is 2.05. The third kappa shape index (κ3) is 11.4. The van der Waals surface area contributed by atoms with Crippen LogP contribution in [0.1, 0.15) is 55.1 Å². The van der Waals surface area contributed by atoms with Crippen LogP contribution in [-0.4, -0.2) is 36.4 Å². The van der Waals surface area contributed by atoms with E-state index in [2.05, 4.69) is 25.3 Å². The molecule has 10 nitrogen and oxygen atoms in total. The lowest BCUT2D eigenvalue weighted by Crippen LogP contribution is -2.16. The third-order valence-corrected chi connectivity index (χ3v) is 7.20. The van der Waals surface area contributed by atoms with Crippen molar-refractivity contribution in [2.45, 2.75) is 41.5 Å². The first-order chi connectivity index (χ1) is 24.7. The molecule has 4 heterocycles. The molecule has 272 valence electrons. The number of aromatic nitrogens is 4. The van der Waals surface area contributed by atoms with Gasteiger partial charge in [-0.15, -0.1) is 23.2 Å². The lowest BCUT2D eigenvalue weighted by molar-refractivity contribution is 0.102. The smallest absolute Gasteiger partial charge is 0.260 e. The average molecular weight is 772 g/mol. The molecule has 0 saturated carbocycles. The quantitative estimate of drug-likeness (QED) is 0.129. The molecule has 0 radical (unpaired) electrons. The molecule has 0 fully saturated rings. The summed E-state index contributed by atoms with van der Waals surface area (Å²) in [7, 11) is 0. The van der Waals surface area contributed by atoms with Crippen molar-refractivity contribution in [2.24, 2.45) is 0 Å². The van der Waals surface area contributed by atoms with Crippen molar-refractivity contribution in [3.05, 3.63) is 130 Å². The van der Waals surface area contributed by atoms with E-state index in [0.29, 0.717) is 46.0 Å². The zero-order chi connectivity index (χ0) is 38.5. The fourth-order valence-electron chi connectivity index (χ4n) is 4.73. The second-order valence-corrected chi connectivity index (χ2v) is 12.0. The van der Waals surface area contributed by atoms with Gasteiger partial charge in [0.05, 0.1) is 16.5 Å². The van der Waals surface area contributed by atoms with E-state index in [0.717, 1.165) is 22.6 Å². The van der Waals surface area contributed by atoms with E-state index in [-0.39, 0.29) is 16.5 Å². The van der Waals surface area contributed by atoms with E-state index in [1.807, 2.05) is 26.8 Å². The standard InChI is InChI=1S/C18H16FN3O2.C10H11N3O.C8H6ClFO.CH2Cl2/c1-10-5-4-6-14(19)16(10)18(23)22-15-8-7-13(9-20-15)17-11(2)24-12(3)21-17;1-6-10(13-7(2)14-6)8-3-4-9(11)12-5-8;1-5-3-2-4-6(10)7(5)8(9)11;2-1-3/h4-9H,1-3H3,(H,20,22,23);3-5H,1-2H3,(H2,11,12);2-4H,1H3;1H2. The molecule has 0 saturated heterocycles. The highest BCUT2D eigenvalue weighted by molar-refractivity contribution is 6.68. The van der Waals surface area contributed by atoms with Crippen molar-refractivity contribution in [3.63, 3.8) is 0 Å². The lowest BCUT2D eigenvalue weighted by atomic mass is 10.1. The summed E-state index contributed by atoms with van der Waals surface area (Å²) < 4.78 is 37.4. The van der Waals surface area contributed by atoms with Gasteiger partial charge >= 0.3 is 0 Å². The normalized spacial score (nSPS) is 10.1. The van der Waals surface area contributed by atoms with E-state index >= 15 is 0 Å². The summed E-state index contributed by atoms with van der Waals surface area (Å²) >= 11 is 14.7. The van der Waals surface area contributed by atoms with E-state index in [1.54, 1.807) is 69.6 Å². The van der Waals surface area contributed by atoms with Crippen LogP contribution in [0.5, 0.6) is 0 Å². The fraction of sp³-hybridized carbons (Fsp3) is 0.189. The minimum absolute atomic E-state index is 0.0198. The number of carbonyl (C=O) groups is 2. The second kappa shape index (κ2) is 19.4. The summed E-state index contributed by atoms with van der Waals surface area (Å²) in [4.78, 5) is 39.6. The largest absolute Gasteiger partial charge is 0.446 e. The van der Waals surface area contributed by atoms with Crippen LogP contribution in [0.4, 0.5) is 20.4 Å². The highest BCUT2D eigenvalue weighted by Gasteiger charge is 2.16. The van der Waals surface area contributed by atoms with Gasteiger partial charge in [-0.25, -0.2) is 28.7 Å². The van der Waals surface area contributed by atoms with Gasteiger partial charge < -0.3 is 19.9 Å². The molecule has 0 aliphatic rings. The molecule has 52 heavy (non-hydrogen) atoms. The average Bonchev–Trinajstić information content (AvgIpc) is 3.60. The minimum Gasteiger partial charge on any atom is -0.446 e. The van der Waals surface area contributed by atoms with E-state index in [4.69, 9.17) is 49.4 Å². The van der Waals surface area contributed by atoms with Gasteiger partial charge in [-0.3, -0.25) is 9.59 Å². The maximum absolute atomic E-state index is 13.8. The zero-order valence-electron chi connectivity index (χ0n) is 29.0. The highest BCUT2D eigenvalue weighted by Crippen LogP contribution is 2.24. The van der Waals surface area contributed by atoms with Gasteiger partial charge in [-0.2, -0.15) is 0 Å². The Morgan fingerprint density at radius 3 is 1.52 bits per heavy atom. The highest BCUT2D eigenvalue weighted by atomic mass is 35.5. The number of hydrogen-bond donors (Lipinski definition) is 2. The van der Waals surface area contributed by atoms with Crippen LogP contribution in [0, 0.1) is 53.2 Å². The minimum atomic E-state index is -0.749. The number of nitrogens with one attached hydrogen (secondary N) is 1. The Morgan fingerprint density at radius 2 is 1.17 bits per heavy atom. The van der Waals surface area contributed by atoms with Crippen molar-refractivity contribution in [1.29, 1.82) is 0 Å². The van der Waals surface area contributed by atoms with Crippen molar-refractivity contribution in [3.8, 4) is 22.5 Å². The topological polar surface area (TPSA) is 150 Å². The molecule has 6 rings (SSSR count). The fourth-order valence-corrected chi connectivity index (χ4v) is 4.97. The number of halogens is 5. The number of alkyl halides is 2. The Labute approximate surface area is 314 Å². The molecule has 0 atom stereocenters. The van der Waals surface area contributed by atoms with Crippen molar-refractivity contribution in [1.82, 2.24) is 19.9 Å². The predicted molar refractivity (Wildman–Crippen MR) is 200 cm³/mol. The summed E-state index contributed by atoms with van der Waals surface area (Å²) in [6.45, 7) is 10.6. The van der Waals surface area contributed by atoms with Gasteiger partial charge in [0.1, 0.15) is 46.2 Å². The Hall–Kier alpha value is -5.17. The Balaban J connectivity index is 0.000000220. The van der Waals surface area contributed by atoms with E-state index in [9.17, 15) is 18.4 Å². The maximum Gasteiger partial charge on any atom is 0.260 e. The van der Waals surface area contributed by atoms with Gasteiger partial charge in [0.15, 0.2) is 11.8 Å². The summed E-state index contributed by atoms with van der Waals surface area (Å²) in [5.74, 6) is 1.93. The molecule has 15 heteroatoms.